The number of hydrogen-bond acceptors (Lipinski definition) is 4. The molecule has 2 saturated carbocycles. The second-order valence-corrected chi connectivity index (χ2v) is 7.20. The third-order valence-corrected chi connectivity index (χ3v) is 3.30. The number of amides is 4. The summed E-state index contributed by atoms with van der Waals surface area (Å²) in [5.74, 6) is 0.768. The Balaban J connectivity index is 0. The van der Waals surface area contributed by atoms with Gasteiger partial charge in [0.25, 0.3) is 0 Å². The van der Waals surface area contributed by atoms with Crippen LogP contribution >= 0.6 is 0 Å². The molecule has 164 valence electrons. The highest BCUT2D eigenvalue weighted by Crippen LogP contribution is 2.28. The fourth-order valence-electron chi connectivity index (χ4n) is 1.77. The highest BCUT2D eigenvalue weighted by Gasteiger charge is 2.28. The Bertz CT molecular complexity index is 459. The van der Waals surface area contributed by atoms with E-state index in [4.69, 9.17) is 0 Å². The van der Waals surface area contributed by atoms with Crippen LogP contribution in [0.4, 0.5) is 0 Å². The molecular weight excluding hydrogens is 360 g/mol. The number of carbonyl (C=O) groups excluding carboxylic acids is 4. The summed E-state index contributed by atoms with van der Waals surface area (Å²) in [7, 11) is 1.68. The molecule has 2 aliphatic rings. The van der Waals surface area contributed by atoms with E-state index in [1.165, 1.54) is 26.7 Å². The minimum atomic E-state index is 0.0370. The van der Waals surface area contributed by atoms with Gasteiger partial charge in [-0.3, -0.25) is 19.2 Å². The van der Waals surface area contributed by atoms with Crippen LogP contribution in [-0.4, -0.2) is 49.3 Å². The van der Waals surface area contributed by atoms with Gasteiger partial charge in [0, 0.05) is 52.4 Å². The van der Waals surface area contributed by atoms with Crippen LogP contribution in [0, 0.1) is 5.92 Å². The first-order valence-corrected chi connectivity index (χ1v) is 10.0. The van der Waals surface area contributed by atoms with Gasteiger partial charge >= 0.3 is 0 Å². The van der Waals surface area contributed by atoms with Crippen molar-refractivity contribution in [2.24, 2.45) is 5.92 Å². The predicted molar refractivity (Wildman–Crippen MR) is 112 cm³/mol. The SMILES string of the molecule is CC(=O)NC(C)C.CC(=O)NC1CC1.CCCNC(C)=O.CNC(=O)C1CC1. The van der Waals surface area contributed by atoms with E-state index in [0.717, 1.165) is 25.8 Å². The van der Waals surface area contributed by atoms with Crippen molar-refractivity contribution in [3.05, 3.63) is 0 Å². The molecule has 2 rings (SSSR count). The Kier molecular flexibility index (Phi) is 17.1. The third-order valence-electron chi connectivity index (χ3n) is 3.30. The summed E-state index contributed by atoms with van der Waals surface area (Å²) in [5.41, 5.74) is 0. The zero-order chi connectivity index (χ0) is 22.1. The third kappa shape index (κ3) is 26.1. The fourth-order valence-corrected chi connectivity index (χ4v) is 1.77. The molecule has 4 amide bonds. The van der Waals surface area contributed by atoms with E-state index in [1.54, 1.807) is 14.0 Å². The Morgan fingerprint density at radius 1 is 0.893 bits per heavy atom. The van der Waals surface area contributed by atoms with E-state index >= 15 is 0 Å². The second kappa shape index (κ2) is 17.0. The summed E-state index contributed by atoms with van der Waals surface area (Å²) in [6.07, 6.45) is 5.57. The summed E-state index contributed by atoms with van der Waals surface area (Å²) >= 11 is 0. The Morgan fingerprint density at radius 3 is 1.54 bits per heavy atom. The van der Waals surface area contributed by atoms with Gasteiger partial charge in [-0.1, -0.05) is 6.92 Å². The Hall–Kier alpha value is -2.12. The number of nitrogens with one attached hydrogen (secondary N) is 4. The van der Waals surface area contributed by atoms with Crippen LogP contribution in [0.25, 0.3) is 0 Å². The van der Waals surface area contributed by atoms with Crippen molar-refractivity contribution in [3.63, 3.8) is 0 Å². The minimum Gasteiger partial charge on any atom is -0.359 e. The fraction of sp³-hybridized carbons (Fsp3) is 0.800. The van der Waals surface area contributed by atoms with E-state index in [2.05, 4.69) is 21.3 Å². The van der Waals surface area contributed by atoms with Crippen molar-refractivity contribution in [2.75, 3.05) is 13.6 Å². The summed E-state index contributed by atoms with van der Waals surface area (Å²) in [6, 6.07) is 0.801. The normalized spacial score (nSPS) is 13.9. The molecule has 2 aliphatic carbocycles. The molecule has 28 heavy (non-hydrogen) atoms. The van der Waals surface area contributed by atoms with E-state index in [9.17, 15) is 19.2 Å². The van der Waals surface area contributed by atoms with Gasteiger partial charge in [-0.2, -0.15) is 0 Å². The number of rotatable bonds is 5. The van der Waals surface area contributed by atoms with Crippen LogP contribution in [0.5, 0.6) is 0 Å². The van der Waals surface area contributed by atoms with Crippen LogP contribution in [0.1, 0.15) is 73.6 Å². The molecule has 0 saturated heterocycles. The maximum absolute atomic E-state index is 10.5. The summed E-state index contributed by atoms with van der Waals surface area (Å²) in [5, 5.41) is 10.7. The number of carbonyl (C=O) groups is 4. The molecule has 0 aromatic carbocycles. The molecule has 0 unspecified atom stereocenters. The van der Waals surface area contributed by atoms with Crippen molar-refractivity contribution in [2.45, 2.75) is 85.7 Å². The van der Waals surface area contributed by atoms with Crippen LogP contribution in [0.3, 0.4) is 0 Å². The largest absolute Gasteiger partial charge is 0.359 e. The van der Waals surface area contributed by atoms with E-state index in [0.29, 0.717) is 12.0 Å². The van der Waals surface area contributed by atoms with Crippen molar-refractivity contribution in [3.8, 4) is 0 Å². The molecular formula is C20H40N4O4. The van der Waals surface area contributed by atoms with Gasteiger partial charge in [0.1, 0.15) is 0 Å². The average molecular weight is 401 g/mol. The molecule has 8 nitrogen and oxygen atoms in total. The van der Waals surface area contributed by atoms with Gasteiger partial charge in [0.15, 0.2) is 0 Å². The molecule has 0 radical (unpaired) electrons. The van der Waals surface area contributed by atoms with Crippen molar-refractivity contribution >= 4 is 23.6 Å². The predicted octanol–water partition coefficient (Wildman–Crippen LogP) is 1.49. The van der Waals surface area contributed by atoms with Crippen LogP contribution in [0.15, 0.2) is 0 Å². The van der Waals surface area contributed by atoms with Gasteiger partial charge in [-0.15, -0.1) is 0 Å². The summed E-state index contributed by atoms with van der Waals surface area (Å²) < 4.78 is 0. The average Bonchev–Trinajstić information content (AvgIpc) is 3.45. The quantitative estimate of drug-likeness (QED) is 0.559. The van der Waals surface area contributed by atoms with Gasteiger partial charge in [0.05, 0.1) is 0 Å². The molecule has 0 aliphatic heterocycles. The van der Waals surface area contributed by atoms with Crippen molar-refractivity contribution < 1.29 is 19.2 Å². The standard InChI is InChI=1S/2C5H9NO.2C5H11NO/c1-6-5(7)4-2-3-4;1-4(7)6-5-2-3-5;1-4(2)6-5(3)7;1-3-4-6-5(2)7/h4H,2-3H2,1H3,(H,6,7);5H,2-3H2,1H3,(H,6,7);4H,1-3H3,(H,6,7);3-4H2,1-2H3,(H,6,7). The number of hydrogen-bond donors (Lipinski definition) is 4. The lowest BCUT2D eigenvalue weighted by molar-refractivity contribution is -0.122. The van der Waals surface area contributed by atoms with Crippen molar-refractivity contribution in [1.29, 1.82) is 0 Å². The lowest BCUT2D eigenvalue weighted by Crippen LogP contribution is -2.27. The smallest absolute Gasteiger partial charge is 0.222 e. The molecule has 0 heterocycles. The highest BCUT2D eigenvalue weighted by atomic mass is 16.2. The molecule has 2 fully saturated rings. The summed E-state index contributed by atoms with van der Waals surface area (Å²) in [6.45, 7) is 11.3. The van der Waals surface area contributed by atoms with Crippen LogP contribution < -0.4 is 21.3 Å². The zero-order valence-electron chi connectivity index (χ0n) is 18.6. The Labute approximate surface area is 170 Å². The molecule has 4 N–H and O–H groups in total. The Morgan fingerprint density at radius 2 is 1.43 bits per heavy atom. The monoisotopic (exact) mass is 400 g/mol. The van der Waals surface area contributed by atoms with Gasteiger partial charge < -0.3 is 21.3 Å². The van der Waals surface area contributed by atoms with E-state index < -0.39 is 0 Å². The first-order valence-electron chi connectivity index (χ1n) is 10.0. The molecule has 0 atom stereocenters. The molecule has 0 aromatic heterocycles. The molecule has 0 bridgehead atoms. The topological polar surface area (TPSA) is 116 Å². The van der Waals surface area contributed by atoms with E-state index in [-0.39, 0.29) is 29.7 Å². The van der Waals surface area contributed by atoms with Gasteiger partial charge in [-0.05, 0) is 46.0 Å². The maximum Gasteiger partial charge on any atom is 0.222 e. The van der Waals surface area contributed by atoms with Gasteiger partial charge in [0.2, 0.25) is 23.6 Å². The molecule has 0 aromatic rings. The highest BCUT2D eigenvalue weighted by molar-refractivity contribution is 5.80. The molecule has 8 heteroatoms. The van der Waals surface area contributed by atoms with Crippen LogP contribution in [0.2, 0.25) is 0 Å². The second-order valence-electron chi connectivity index (χ2n) is 7.20. The van der Waals surface area contributed by atoms with Gasteiger partial charge in [-0.25, -0.2) is 0 Å². The summed E-state index contributed by atoms with van der Waals surface area (Å²) in [4.78, 5) is 40.9. The molecule has 0 spiro atoms. The first-order chi connectivity index (χ1) is 13.0. The van der Waals surface area contributed by atoms with E-state index in [1.807, 2.05) is 20.8 Å². The first kappa shape index (κ1) is 28.1. The minimum absolute atomic E-state index is 0.0370. The lowest BCUT2D eigenvalue weighted by atomic mass is 10.4. The lowest BCUT2D eigenvalue weighted by Gasteiger charge is -2.02. The zero-order valence-corrected chi connectivity index (χ0v) is 18.6. The maximum atomic E-state index is 10.5. The van der Waals surface area contributed by atoms with Crippen LogP contribution in [-0.2, 0) is 19.2 Å². The van der Waals surface area contributed by atoms with Crippen molar-refractivity contribution in [1.82, 2.24) is 21.3 Å².